The quantitative estimate of drug-likeness (QED) is 0.317. The van der Waals surface area contributed by atoms with E-state index in [2.05, 4.69) is 24.2 Å². The van der Waals surface area contributed by atoms with E-state index in [0.29, 0.717) is 25.7 Å². The third-order valence-electron chi connectivity index (χ3n) is 2.93. The van der Waals surface area contributed by atoms with Gasteiger partial charge in [0, 0.05) is 25.1 Å². The van der Waals surface area contributed by atoms with Gasteiger partial charge in [-0.15, -0.1) is 35.3 Å². The molecule has 0 spiro atoms. The molecule has 0 aliphatic heterocycles. The summed E-state index contributed by atoms with van der Waals surface area (Å²) < 4.78 is 6.23. The fourth-order valence-corrected chi connectivity index (χ4v) is 3.04. The van der Waals surface area contributed by atoms with Gasteiger partial charge in [-0.3, -0.25) is 4.99 Å². The Kier molecular flexibility index (Phi) is 13.1. The molecule has 0 saturated heterocycles. The van der Waals surface area contributed by atoms with Crippen molar-refractivity contribution in [1.82, 2.24) is 10.2 Å². The van der Waals surface area contributed by atoms with E-state index in [0.717, 1.165) is 23.4 Å². The molecule has 0 aliphatic rings. The van der Waals surface area contributed by atoms with Crippen LogP contribution in [0.1, 0.15) is 25.6 Å². The molecule has 1 aromatic heterocycles. The maximum Gasteiger partial charge on any atom is 0.194 e. The van der Waals surface area contributed by atoms with E-state index >= 15 is 0 Å². The fourth-order valence-electron chi connectivity index (χ4n) is 1.90. The molecule has 24 heavy (non-hydrogen) atoms. The highest BCUT2D eigenvalue weighted by Crippen LogP contribution is 2.22. The van der Waals surface area contributed by atoms with Gasteiger partial charge in [0.2, 0.25) is 0 Å². The van der Waals surface area contributed by atoms with Gasteiger partial charge in [0.05, 0.1) is 30.1 Å². The van der Waals surface area contributed by atoms with Crippen LogP contribution in [0.25, 0.3) is 0 Å². The molecule has 0 radical (unpaired) electrons. The van der Waals surface area contributed by atoms with E-state index in [1.807, 2.05) is 31.0 Å². The topological polar surface area (TPSA) is 57.1 Å². The molecular weight excluding hydrogens is 461 g/mol. The first-order valence-corrected chi connectivity index (χ1v) is 9.11. The summed E-state index contributed by atoms with van der Waals surface area (Å²) in [5.74, 6) is 1.23. The van der Waals surface area contributed by atoms with Crippen LogP contribution in [0.2, 0.25) is 4.34 Å². The molecule has 1 rings (SSSR count). The first kappa shape index (κ1) is 23.9. The summed E-state index contributed by atoms with van der Waals surface area (Å²) in [7, 11) is 1.97. The number of aliphatic hydroxyl groups excluding tert-OH is 1. The van der Waals surface area contributed by atoms with Gasteiger partial charge in [0.1, 0.15) is 0 Å². The second-order valence-electron chi connectivity index (χ2n) is 5.84. The molecule has 140 valence electrons. The van der Waals surface area contributed by atoms with Gasteiger partial charge in [-0.2, -0.15) is 0 Å². The summed E-state index contributed by atoms with van der Waals surface area (Å²) in [5, 5.41) is 13.2. The molecule has 0 amide bonds. The number of hydrogen-bond acceptors (Lipinski definition) is 4. The van der Waals surface area contributed by atoms with E-state index in [1.54, 1.807) is 11.3 Å². The monoisotopic (exact) mass is 489 g/mol. The van der Waals surface area contributed by atoms with E-state index in [-0.39, 0.29) is 24.0 Å². The van der Waals surface area contributed by atoms with Crippen molar-refractivity contribution in [2.24, 2.45) is 10.9 Å². The zero-order valence-electron chi connectivity index (χ0n) is 14.8. The molecule has 1 heterocycles. The second kappa shape index (κ2) is 13.2. The Labute approximate surface area is 171 Å². The molecule has 0 saturated carbocycles. The predicted molar refractivity (Wildman–Crippen MR) is 114 cm³/mol. The zero-order chi connectivity index (χ0) is 17.2. The summed E-state index contributed by atoms with van der Waals surface area (Å²) in [6.45, 7) is 8.96. The van der Waals surface area contributed by atoms with Gasteiger partial charge in [-0.05, 0) is 25.0 Å². The highest BCUT2D eigenvalue weighted by Gasteiger charge is 2.10. The SMILES string of the molecule is CCNC(=NCC(O)COCC(C)C)N(C)Cc1ccc(Cl)s1.I. The van der Waals surface area contributed by atoms with Gasteiger partial charge in [-0.1, -0.05) is 25.4 Å². The summed E-state index contributed by atoms with van der Waals surface area (Å²) in [5.41, 5.74) is 0. The normalized spacial score (nSPS) is 12.9. The third-order valence-corrected chi connectivity index (χ3v) is 4.15. The van der Waals surface area contributed by atoms with Crippen molar-refractivity contribution in [2.75, 3.05) is 33.4 Å². The van der Waals surface area contributed by atoms with E-state index in [9.17, 15) is 5.11 Å². The number of nitrogens with zero attached hydrogens (tertiary/aromatic N) is 2. The van der Waals surface area contributed by atoms with Gasteiger partial charge >= 0.3 is 0 Å². The van der Waals surface area contributed by atoms with Crippen LogP contribution in [0, 0.1) is 5.92 Å². The number of halogens is 2. The largest absolute Gasteiger partial charge is 0.389 e. The predicted octanol–water partition coefficient (Wildman–Crippen LogP) is 3.45. The van der Waals surface area contributed by atoms with Crippen LogP contribution >= 0.6 is 46.9 Å². The lowest BCUT2D eigenvalue weighted by molar-refractivity contribution is 0.0300. The van der Waals surface area contributed by atoms with Crippen LogP contribution in [0.4, 0.5) is 0 Å². The van der Waals surface area contributed by atoms with Crippen molar-refractivity contribution < 1.29 is 9.84 Å². The number of aliphatic hydroxyl groups is 1. The van der Waals surface area contributed by atoms with Crippen LogP contribution in [-0.2, 0) is 11.3 Å². The molecule has 0 fully saturated rings. The van der Waals surface area contributed by atoms with Gasteiger partial charge in [-0.25, -0.2) is 0 Å². The minimum atomic E-state index is -0.591. The molecule has 5 nitrogen and oxygen atoms in total. The Morgan fingerprint density at radius 3 is 2.67 bits per heavy atom. The average molecular weight is 490 g/mol. The smallest absolute Gasteiger partial charge is 0.194 e. The molecule has 1 unspecified atom stereocenters. The van der Waals surface area contributed by atoms with Crippen LogP contribution in [0.15, 0.2) is 17.1 Å². The summed E-state index contributed by atoms with van der Waals surface area (Å²) in [6.07, 6.45) is -0.591. The van der Waals surface area contributed by atoms with Crippen molar-refractivity contribution in [1.29, 1.82) is 0 Å². The van der Waals surface area contributed by atoms with Gasteiger partial charge < -0.3 is 20.1 Å². The Morgan fingerprint density at radius 1 is 1.42 bits per heavy atom. The van der Waals surface area contributed by atoms with Gasteiger partial charge in [0.25, 0.3) is 0 Å². The molecule has 8 heteroatoms. The standard InChI is InChI=1S/C16H28ClN3O2S.HI/c1-5-18-16(19-8-13(21)11-22-10-12(2)3)20(4)9-14-6-7-15(17)23-14;/h6-7,12-13,21H,5,8-11H2,1-4H3,(H,18,19);1H. The molecule has 0 aliphatic carbocycles. The summed E-state index contributed by atoms with van der Waals surface area (Å²) in [4.78, 5) is 7.68. The molecule has 1 aromatic rings. The van der Waals surface area contributed by atoms with Crippen molar-refractivity contribution >= 4 is 52.9 Å². The van der Waals surface area contributed by atoms with E-state index in [4.69, 9.17) is 16.3 Å². The molecule has 1 atom stereocenters. The Morgan fingerprint density at radius 2 is 2.12 bits per heavy atom. The third kappa shape index (κ3) is 10.0. The summed E-state index contributed by atoms with van der Waals surface area (Å²) >= 11 is 7.53. The number of hydrogen-bond donors (Lipinski definition) is 2. The van der Waals surface area contributed by atoms with E-state index < -0.39 is 6.10 Å². The molecular formula is C16H29ClIN3O2S. The average Bonchev–Trinajstić information content (AvgIpc) is 2.88. The first-order valence-electron chi connectivity index (χ1n) is 7.91. The van der Waals surface area contributed by atoms with Crippen LogP contribution < -0.4 is 5.32 Å². The number of ether oxygens (including phenoxy) is 1. The maximum absolute atomic E-state index is 9.96. The number of aliphatic imine (C=N–C) groups is 1. The highest BCUT2D eigenvalue weighted by atomic mass is 127. The zero-order valence-corrected chi connectivity index (χ0v) is 18.7. The first-order chi connectivity index (χ1) is 10.9. The Balaban J connectivity index is 0.00000529. The lowest BCUT2D eigenvalue weighted by Crippen LogP contribution is -2.39. The van der Waals surface area contributed by atoms with E-state index in [1.165, 1.54) is 4.88 Å². The number of guanidine groups is 1. The molecule has 0 aromatic carbocycles. The van der Waals surface area contributed by atoms with Crippen molar-refractivity contribution in [3.8, 4) is 0 Å². The van der Waals surface area contributed by atoms with Crippen LogP contribution in [-0.4, -0.2) is 55.4 Å². The van der Waals surface area contributed by atoms with Crippen molar-refractivity contribution in [3.05, 3.63) is 21.3 Å². The lowest BCUT2D eigenvalue weighted by Gasteiger charge is -2.22. The maximum atomic E-state index is 9.96. The minimum Gasteiger partial charge on any atom is -0.389 e. The lowest BCUT2D eigenvalue weighted by atomic mass is 10.2. The fraction of sp³-hybridized carbons (Fsp3) is 0.688. The summed E-state index contributed by atoms with van der Waals surface area (Å²) in [6, 6.07) is 3.91. The van der Waals surface area contributed by atoms with Gasteiger partial charge in [0.15, 0.2) is 5.96 Å². The Bertz CT molecular complexity index is 486. The number of nitrogens with one attached hydrogen (secondary N) is 1. The molecule has 2 N–H and O–H groups in total. The second-order valence-corrected chi connectivity index (χ2v) is 7.64. The Hall–Kier alpha value is -0.0900. The van der Waals surface area contributed by atoms with Crippen molar-refractivity contribution in [3.63, 3.8) is 0 Å². The van der Waals surface area contributed by atoms with Crippen molar-refractivity contribution in [2.45, 2.75) is 33.4 Å². The van der Waals surface area contributed by atoms with Crippen LogP contribution in [0.5, 0.6) is 0 Å². The minimum absolute atomic E-state index is 0. The van der Waals surface area contributed by atoms with Crippen LogP contribution in [0.3, 0.4) is 0 Å². The highest BCUT2D eigenvalue weighted by molar-refractivity contribution is 14.0. The number of rotatable bonds is 9. The molecule has 0 bridgehead atoms. The number of thiophene rings is 1.